The van der Waals surface area contributed by atoms with E-state index in [-0.39, 0.29) is 6.61 Å². The summed E-state index contributed by atoms with van der Waals surface area (Å²) in [5.41, 5.74) is 7.02. The van der Waals surface area contributed by atoms with E-state index < -0.39 is 12.4 Å². The smallest absolute Gasteiger partial charge is 0.184 e. The minimum absolute atomic E-state index is 0.144. The number of hydrogen-bond acceptors (Lipinski definition) is 7. The lowest BCUT2D eigenvalue weighted by molar-refractivity contribution is -0.169. The summed E-state index contributed by atoms with van der Waals surface area (Å²) in [4.78, 5) is 14.8. The van der Waals surface area contributed by atoms with Crippen molar-refractivity contribution in [3.8, 4) is 39.9 Å². The third-order valence-corrected chi connectivity index (χ3v) is 8.53. The number of aromatic nitrogens is 3. The first kappa shape index (κ1) is 36.2. The molecule has 7 nitrogen and oxygen atoms in total. The minimum Gasteiger partial charge on any atom is -0.490 e. The fourth-order valence-corrected chi connectivity index (χ4v) is 5.81. The van der Waals surface area contributed by atoms with Gasteiger partial charge in [-0.1, -0.05) is 124 Å². The number of hydrogen-bond donors (Lipinski definition) is 2. The van der Waals surface area contributed by atoms with Gasteiger partial charge in [-0.3, -0.25) is 0 Å². The Hall–Kier alpha value is -3.65. The average molecular weight is 640 g/mol. The van der Waals surface area contributed by atoms with Gasteiger partial charge in [-0.15, -0.1) is 0 Å². The molecule has 7 heteroatoms. The summed E-state index contributed by atoms with van der Waals surface area (Å²) in [6.07, 6.45) is 9.70. The van der Waals surface area contributed by atoms with Crippen LogP contribution < -0.4 is 4.74 Å². The molecule has 4 rings (SSSR count). The third kappa shape index (κ3) is 11.0. The number of unbranched alkanes of at least 4 members (excludes halogenated alkanes) is 9. The van der Waals surface area contributed by atoms with Crippen molar-refractivity contribution in [3.63, 3.8) is 0 Å². The second kappa shape index (κ2) is 18.6. The van der Waals surface area contributed by atoms with Crippen molar-refractivity contribution < 1.29 is 19.7 Å². The first-order chi connectivity index (χ1) is 22.8. The first-order valence-electron chi connectivity index (χ1n) is 17.4. The predicted molar refractivity (Wildman–Crippen MR) is 190 cm³/mol. The van der Waals surface area contributed by atoms with Crippen molar-refractivity contribution in [2.45, 2.75) is 111 Å². The number of ether oxygens (including phenoxy) is 2. The van der Waals surface area contributed by atoms with Crippen LogP contribution in [0.25, 0.3) is 34.2 Å². The van der Waals surface area contributed by atoms with Gasteiger partial charge in [-0.05, 0) is 57.4 Å². The number of aliphatic hydroxyl groups excluding tert-OH is 2. The standard InChI is InChI=1S/C40H53N3O4/c1-6-7-8-9-10-11-12-13-14-17-24-46-40(45)35(44)27-47-36-19-16-15-18-34(36)39-42-37(32-22-20-28(2)25-30(32)4)41-38(43-39)33-23-21-29(3)26-31(33)5/h15-16,18-23,25-26,35,40,44-45H,6-14,17,24,27H2,1-5H3. The van der Waals surface area contributed by atoms with Crippen molar-refractivity contribution in [3.05, 3.63) is 82.9 Å². The van der Waals surface area contributed by atoms with Gasteiger partial charge in [0.25, 0.3) is 0 Å². The van der Waals surface area contributed by atoms with Crippen LogP contribution in [0, 0.1) is 27.7 Å². The van der Waals surface area contributed by atoms with E-state index in [9.17, 15) is 10.2 Å². The molecule has 1 aromatic heterocycles. The van der Waals surface area contributed by atoms with Crippen molar-refractivity contribution in [2.75, 3.05) is 13.2 Å². The fourth-order valence-electron chi connectivity index (χ4n) is 5.81. The van der Waals surface area contributed by atoms with Gasteiger partial charge in [0.2, 0.25) is 0 Å². The van der Waals surface area contributed by atoms with Gasteiger partial charge in [0, 0.05) is 17.7 Å². The van der Waals surface area contributed by atoms with Crippen LogP contribution in [0.3, 0.4) is 0 Å². The van der Waals surface area contributed by atoms with Gasteiger partial charge in [0.15, 0.2) is 23.8 Å². The Kier molecular flexibility index (Phi) is 14.3. The lowest BCUT2D eigenvalue weighted by Crippen LogP contribution is -2.34. The number of rotatable bonds is 19. The molecule has 1 heterocycles. The van der Waals surface area contributed by atoms with Gasteiger partial charge in [-0.2, -0.15) is 0 Å². The average Bonchev–Trinajstić information content (AvgIpc) is 3.06. The van der Waals surface area contributed by atoms with Gasteiger partial charge < -0.3 is 19.7 Å². The van der Waals surface area contributed by atoms with E-state index >= 15 is 0 Å². The van der Waals surface area contributed by atoms with Crippen molar-refractivity contribution >= 4 is 0 Å². The quantitative estimate of drug-likeness (QED) is 0.0780. The molecule has 0 aliphatic rings. The van der Waals surface area contributed by atoms with E-state index in [1.807, 2.05) is 36.4 Å². The van der Waals surface area contributed by atoms with Crippen LogP contribution in [0.2, 0.25) is 0 Å². The molecule has 2 atom stereocenters. The van der Waals surface area contributed by atoms with Crippen LogP contribution in [-0.4, -0.2) is 50.8 Å². The van der Waals surface area contributed by atoms with E-state index in [1.54, 1.807) is 0 Å². The zero-order chi connectivity index (χ0) is 33.6. The maximum absolute atomic E-state index is 10.7. The molecular formula is C40H53N3O4. The Balaban J connectivity index is 1.42. The molecule has 0 radical (unpaired) electrons. The Morgan fingerprint density at radius 3 is 1.62 bits per heavy atom. The molecule has 0 aliphatic carbocycles. The number of nitrogens with zero attached hydrogens (tertiary/aromatic N) is 3. The molecule has 0 fully saturated rings. The largest absolute Gasteiger partial charge is 0.490 e. The van der Waals surface area contributed by atoms with E-state index in [2.05, 4.69) is 58.9 Å². The molecule has 0 amide bonds. The highest BCUT2D eigenvalue weighted by atomic mass is 16.6. The highest BCUT2D eigenvalue weighted by Crippen LogP contribution is 2.32. The Labute approximate surface area is 281 Å². The van der Waals surface area contributed by atoms with Gasteiger partial charge in [-0.25, -0.2) is 15.0 Å². The van der Waals surface area contributed by atoms with Gasteiger partial charge >= 0.3 is 0 Å². The lowest BCUT2D eigenvalue weighted by atomic mass is 10.0. The van der Waals surface area contributed by atoms with Crippen LogP contribution in [-0.2, 0) is 4.74 Å². The summed E-state index contributed by atoms with van der Waals surface area (Å²) in [5.74, 6) is 2.12. The zero-order valence-corrected chi connectivity index (χ0v) is 29.0. The summed E-state index contributed by atoms with van der Waals surface area (Å²) >= 11 is 0. The molecule has 2 unspecified atom stereocenters. The van der Waals surface area contributed by atoms with E-state index in [1.165, 1.54) is 62.5 Å². The van der Waals surface area contributed by atoms with Crippen molar-refractivity contribution in [2.24, 2.45) is 0 Å². The van der Waals surface area contributed by atoms with Gasteiger partial charge in [0.1, 0.15) is 18.5 Å². The monoisotopic (exact) mass is 639 g/mol. The summed E-state index contributed by atoms with van der Waals surface area (Å²) in [7, 11) is 0. The maximum Gasteiger partial charge on any atom is 0.184 e. The Bertz CT molecular complexity index is 1490. The molecule has 4 aromatic rings. The number of benzene rings is 3. The summed E-state index contributed by atoms with van der Waals surface area (Å²) in [6.45, 7) is 10.8. The number of para-hydroxylation sites is 1. The Morgan fingerprint density at radius 2 is 1.09 bits per heavy atom. The van der Waals surface area contributed by atoms with Crippen LogP contribution in [0.5, 0.6) is 5.75 Å². The van der Waals surface area contributed by atoms with Crippen LogP contribution >= 0.6 is 0 Å². The topological polar surface area (TPSA) is 97.6 Å². The molecule has 0 saturated heterocycles. The van der Waals surface area contributed by atoms with Crippen molar-refractivity contribution in [1.82, 2.24) is 15.0 Å². The summed E-state index contributed by atoms with van der Waals surface area (Å²) in [6, 6.07) is 19.9. The third-order valence-electron chi connectivity index (χ3n) is 8.53. The van der Waals surface area contributed by atoms with Crippen LogP contribution in [0.4, 0.5) is 0 Å². The second-order valence-corrected chi connectivity index (χ2v) is 12.8. The molecule has 252 valence electrons. The molecule has 2 N–H and O–H groups in total. The highest BCUT2D eigenvalue weighted by molar-refractivity contribution is 5.72. The molecular weight excluding hydrogens is 586 g/mol. The molecule has 0 spiro atoms. The zero-order valence-electron chi connectivity index (χ0n) is 29.0. The SMILES string of the molecule is CCCCCCCCCCCCOC(O)C(O)COc1ccccc1-c1nc(-c2ccc(C)cc2C)nc(-c2ccc(C)cc2C)n1. The molecule has 0 saturated carbocycles. The molecule has 47 heavy (non-hydrogen) atoms. The predicted octanol–water partition coefficient (Wildman–Crippen LogP) is 9.10. The fraction of sp³-hybridized carbons (Fsp3) is 0.475. The Morgan fingerprint density at radius 1 is 0.596 bits per heavy atom. The van der Waals surface area contributed by atoms with E-state index in [0.29, 0.717) is 35.4 Å². The van der Waals surface area contributed by atoms with E-state index in [4.69, 9.17) is 24.4 Å². The van der Waals surface area contributed by atoms with E-state index in [0.717, 1.165) is 35.1 Å². The van der Waals surface area contributed by atoms with Crippen molar-refractivity contribution in [1.29, 1.82) is 0 Å². The number of aryl methyl sites for hydroxylation is 4. The van der Waals surface area contributed by atoms with Crippen LogP contribution in [0.1, 0.15) is 93.4 Å². The maximum atomic E-state index is 10.7. The second-order valence-electron chi connectivity index (χ2n) is 12.8. The minimum atomic E-state index is -1.33. The number of aliphatic hydroxyl groups is 2. The first-order valence-corrected chi connectivity index (χ1v) is 17.4. The summed E-state index contributed by atoms with van der Waals surface area (Å²) in [5, 5.41) is 21.1. The molecule has 3 aromatic carbocycles. The molecule has 0 bridgehead atoms. The highest BCUT2D eigenvalue weighted by Gasteiger charge is 2.21. The lowest BCUT2D eigenvalue weighted by Gasteiger charge is -2.20. The summed E-state index contributed by atoms with van der Waals surface area (Å²) < 4.78 is 11.6. The van der Waals surface area contributed by atoms with Gasteiger partial charge in [0.05, 0.1) is 5.56 Å². The van der Waals surface area contributed by atoms with Crippen LogP contribution in [0.15, 0.2) is 60.7 Å². The molecule has 0 aliphatic heterocycles. The normalized spacial score (nSPS) is 12.7.